The summed E-state index contributed by atoms with van der Waals surface area (Å²) in [4.78, 5) is 0. The first-order chi connectivity index (χ1) is 6.11. The number of hydrogen-bond donors (Lipinski definition) is 2. The lowest BCUT2D eigenvalue weighted by molar-refractivity contribution is 0.474. The molecule has 13 heavy (non-hydrogen) atoms. The predicted molar refractivity (Wildman–Crippen MR) is 49.0 cm³/mol. The van der Waals surface area contributed by atoms with Gasteiger partial charge in [0.05, 0.1) is 5.52 Å². The van der Waals surface area contributed by atoms with E-state index in [1.807, 2.05) is 0 Å². The quantitative estimate of drug-likeness (QED) is 0.478. The molecule has 1 aromatic carbocycles. The molecule has 0 bridgehead atoms. The molecule has 3 nitrogen and oxygen atoms in total. The van der Waals surface area contributed by atoms with Gasteiger partial charge in [-0.25, -0.2) is 4.39 Å². The minimum Gasteiger partial charge on any atom is -0.506 e. The number of phenols is 1. The Morgan fingerprint density at radius 2 is 2.23 bits per heavy atom. The summed E-state index contributed by atoms with van der Waals surface area (Å²) in [6.45, 7) is 0. The lowest BCUT2D eigenvalue weighted by Crippen LogP contribution is -1.93. The molecule has 0 fully saturated rings. The van der Waals surface area contributed by atoms with Crippen molar-refractivity contribution in [3.05, 3.63) is 24.1 Å². The van der Waals surface area contributed by atoms with Crippen LogP contribution in [0.1, 0.15) is 0 Å². The molecule has 2 rings (SSSR count). The average molecular weight is 180 g/mol. The van der Waals surface area contributed by atoms with Gasteiger partial charge in [-0.2, -0.15) is 0 Å². The Morgan fingerprint density at radius 1 is 1.54 bits per heavy atom. The number of nitrogens with zero attached hydrogens (tertiary/aromatic N) is 1. The topological polar surface area (TPSA) is 51.2 Å². The van der Waals surface area contributed by atoms with E-state index >= 15 is 0 Å². The normalized spacial score (nSPS) is 10.9. The van der Waals surface area contributed by atoms with Gasteiger partial charge in [-0.05, 0) is 6.07 Å². The summed E-state index contributed by atoms with van der Waals surface area (Å²) in [5.41, 5.74) is 5.76. The maximum absolute atomic E-state index is 13.4. The van der Waals surface area contributed by atoms with Gasteiger partial charge in [-0.3, -0.25) is 0 Å². The standard InChI is InChI=1S/C9H9FN2O/c1-12-3-2-5-6(12)4-7(13)9(11)8(5)10/h2-4,13H,11H2,1H3. The van der Waals surface area contributed by atoms with Crippen molar-refractivity contribution in [1.29, 1.82) is 0 Å². The van der Waals surface area contributed by atoms with Crippen molar-refractivity contribution in [2.45, 2.75) is 0 Å². The zero-order chi connectivity index (χ0) is 9.59. The van der Waals surface area contributed by atoms with Crippen molar-refractivity contribution in [1.82, 2.24) is 4.57 Å². The Morgan fingerprint density at radius 3 is 2.92 bits per heavy atom. The number of aromatic hydroxyl groups is 1. The fourth-order valence-electron chi connectivity index (χ4n) is 1.37. The zero-order valence-electron chi connectivity index (χ0n) is 7.08. The smallest absolute Gasteiger partial charge is 0.159 e. The lowest BCUT2D eigenvalue weighted by Gasteiger charge is -2.02. The van der Waals surface area contributed by atoms with E-state index in [1.165, 1.54) is 6.07 Å². The number of rotatable bonds is 0. The number of benzene rings is 1. The van der Waals surface area contributed by atoms with Crippen LogP contribution in [0.25, 0.3) is 10.9 Å². The van der Waals surface area contributed by atoms with Gasteiger partial charge in [0.25, 0.3) is 0 Å². The molecule has 4 heteroatoms. The number of nitrogen functional groups attached to an aromatic ring is 1. The van der Waals surface area contributed by atoms with Gasteiger partial charge in [0, 0.05) is 24.7 Å². The highest BCUT2D eigenvalue weighted by molar-refractivity contribution is 5.87. The number of nitrogens with two attached hydrogens (primary N) is 1. The van der Waals surface area contributed by atoms with Gasteiger partial charge >= 0.3 is 0 Å². The molecule has 68 valence electrons. The first-order valence-corrected chi connectivity index (χ1v) is 3.83. The second-order valence-corrected chi connectivity index (χ2v) is 2.98. The highest BCUT2D eigenvalue weighted by Gasteiger charge is 2.11. The molecule has 2 aromatic rings. The number of aromatic nitrogens is 1. The summed E-state index contributed by atoms with van der Waals surface area (Å²) in [7, 11) is 1.78. The number of anilines is 1. The van der Waals surface area contributed by atoms with Crippen LogP contribution < -0.4 is 5.73 Å². The van der Waals surface area contributed by atoms with E-state index in [0.29, 0.717) is 10.9 Å². The maximum Gasteiger partial charge on any atom is 0.159 e. The second kappa shape index (κ2) is 2.39. The summed E-state index contributed by atoms with van der Waals surface area (Å²) in [6.07, 6.45) is 1.71. The van der Waals surface area contributed by atoms with Crippen LogP contribution >= 0.6 is 0 Å². The Hall–Kier alpha value is -1.71. The summed E-state index contributed by atoms with van der Waals surface area (Å²) < 4.78 is 15.1. The highest BCUT2D eigenvalue weighted by atomic mass is 19.1. The van der Waals surface area contributed by atoms with Crippen molar-refractivity contribution in [3.8, 4) is 5.75 Å². The lowest BCUT2D eigenvalue weighted by atomic mass is 10.2. The largest absolute Gasteiger partial charge is 0.506 e. The molecule has 0 aliphatic carbocycles. The van der Waals surface area contributed by atoms with Crippen LogP contribution in [0, 0.1) is 5.82 Å². The molecule has 0 unspecified atom stereocenters. The second-order valence-electron chi connectivity index (χ2n) is 2.98. The van der Waals surface area contributed by atoms with Gasteiger partial charge in [0.15, 0.2) is 5.82 Å². The molecule has 0 aliphatic rings. The van der Waals surface area contributed by atoms with Crippen LogP contribution in [-0.2, 0) is 7.05 Å². The van der Waals surface area contributed by atoms with E-state index in [4.69, 9.17) is 5.73 Å². The Kier molecular flexibility index (Phi) is 1.45. The van der Waals surface area contributed by atoms with Gasteiger partial charge in [-0.1, -0.05) is 0 Å². The fourth-order valence-corrected chi connectivity index (χ4v) is 1.37. The number of phenolic OH excluding ortho intramolecular Hbond substituents is 1. The molecule has 0 saturated heterocycles. The molecular formula is C9H9FN2O. The third-order valence-corrected chi connectivity index (χ3v) is 2.14. The molecule has 1 aromatic heterocycles. The van der Waals surface area contributed by atoms with E-state index in [-0.39, 0.29) is 11.4 Å². The molecule has 3 N–H and O–H groups in total. The number of hydrogen-bond acceptors (Lipinski definition) is 2. The minimum absolute atomic E-state index is 0.196. The summed E-state index contributed by atoms with van der Waals surface area (Å²) >= 11 is 0. The number of halogens is 1. The van der Waals surface area contributed by atoms with Crippen LogP contribution in [0.15, 0.2) is 18.3 Å². The molecule has 0 spiro atoms. The number of fused-ring (bicyclic) bond motifs is 1. The van der Waals surface area contributed by atoms with Crippen molar-refractivity contribution in [3.63, 3.8) is 0 Å². The molecule has 0 atom stereocenters. The molecule has 0 radical (unpaired) electrons. The van der Waals surface area contributed by atoms with Crippen LogP contribution in [0.5, 0.6) is 5.75 Å². The monoisotopic (exact) mass is 180 g/mol. The Labute approximate surface area is 74.2 Å². The first-order valence-electron chi connectivity index (χ1n) is 3.83. The summed E-state index contributed by atoms with van der Waals surface area (Å²) in [5.74, 6) is -0.776. The SMILES string of the molecule is Cn1ccc2c(F)c(N)c(O)cc21. The van der Waals surface area contributed by atoms with Crippen molar-refractivity contribution < 1.29 is 9.50 Å². The third-order valence-electron chi connectivity index (χ3n) is 2.14. The van der Waals surface area contributed by atoms with Gasteiger partial charge in [-0.15, -0.1) is 0 Å². The van der Waals surface area contributed by atoms with E-state index < -0.39 is 5.82 Å². The third kappa shape index (κ3) is 0.950. The van der Waals surface area contributed by atoms with Crippen LogP contribution in [0.2, 0.25) is 0 Å². The van der Waals surface area contributed by atoms with Crippen LogP contribution in [0.4, 0.5) is 10.1 Å². The maximum atomic E-state index is 13.4. The molecule has 1 heterocycles. The number of aryl methyl sites for hydroxylation is 1. The summed E-state index contributed by atoms with van der Waals surface area (Å²) in [5, 5.41) is 9.69. The Balaban J connectivity index is 2.96. The van der Waals surface area contributed by atoms with E-state index in [1.54, 1.807) is 23.9 Å². The minimum atomic E-state index is -0.560. The zero-order valence-corrected chi connectivity index (χ0v) is 7.08. The van der Waals surface area contributed by atoms with Gasteiger partial charge in [0.1, 0.15) is 11.4 Å². The van der Waals surface area contributed by atoms with E-state index in [9.17, 15) is 9.50 Å². The van der Waals surface area contributed by atoms with Gasteiger partial charge in [0.2, 0.25) is 0 Å². The molecular weight excluding hydrogens is 171 g/mol. The van der Waals surface area contributed by atoms with Crippen molar-refractivity contribution >= 4 is 16.6 Å². The van der Waals surface area contributed by atoms with Gasteiger partial charge < -0.3 is 15.4 Å². The first kappa shape index (κ1) is 7.91. The van der Waals surface area contributed by atoms with E-state index in [0.717, 1.165) is 0 Å². The molecule has 0 amide bonds. The van der Waals surface area contributed by atoms with Crippen molar-refractivity contribution in [2.24, 2.45) is 7.05 Å². The van der Waals surface area contributed by atoms with Crippen LogP contribution in [0.3, 0.4) is 0 Å². The average Bonchev–Trinajstić information content (AvgIpc) is 2.45. The van der Waals surface area contributed by atoms with Crippen LogP contribution in [-0.4, -0.2) is 9.67 Å². The molecule has 0 saturated carbocycles. The summed E-state index contributed by atoms with van der Waals surface area (Å²) in [6, 6.07) is 3.08. The Bertz CT molecular complexity index is 476. The predicted octanol–water partition coefficient (Wildman–Crippen LogP) is 1.61. The van der Waals surface area contributed by atoms with E-state index in [2.05, 4.69) is 0 Å². The fraction of sp³-hybridized carbons (Fsp3) is 0.111. The molecule has 0 aliphatic heterocycles. The van der Waals surface area contributed by atoms with Crippen molar-refractivity contribution in [2.75, 3.05) is 5.73 Å². The highest BCUT2D eigenvalue weighted by Crippen LogP contribution is 2.31.